The molecule has 1 aliphatic heterocycles. The zero-order valence-electron chi connectivity index (χ0n) is 12.2. The number of carbonyl (C=O) groups excluding carboxylic acids is 2. The van der Waals surface area contributed by atoms with Gasteiger partial charge in [0.2, 0.25) is 0 Å². The first-order valence-electron chi connectivity index (χ1n) is 6.85. The molecule has 118 valence electrons. The van der Waals surface area contributed by atoms with Gasteiger partial charge >= 0.3 is 0 Å². The zero-order valence-corrected chi connectivity index (χ0v) is 17.3. The lowest BCUT2D eigenvalue weighted by Crippen LogP contribution is -2.28. The summed E-state index contributed by atoms with van der Waals surface area (Å²) in [6.45, 7) is 4.88. The molecule has 0 spiro atoms. The van der Waals surface area contributed by atoms with Crippen LogP contribution in [0.15, 0.2) is 17.0 Å². The molecule has 1 aliphatic rings. The lowest BCUT2D eigenvalue weighted by Gasteiger charge is -2.11. The lowest BCUT2D eigenvalue weighted by atomic mass is 10.2. The second-order valence-corrected chi connectivity index (χ2v) is 7.97. The maximum absolute atomic E-state index is 12.3. The highest BCUT2D eigenvalue weighted by molar-refractivity contribution is 14.1. The van der Waals surface area contributed by atoms with Crippen LogP contribution >= 0.6 is 56.9 Å². The second-order valence-electron chi connectivity index (χ2n) is 4.57. The van der Waals surface area contributed by atoms with Gasteiger partial charge in [-0.25, -0.2) is 0 Å². The summed E-state index contributed by atoms with van der Waals surface area (Å²) < 4.78 is 7.75. The van der Waals surface area contributed by atoms with Crippen molar-refractivity contribution in [3.05, 3.63) is 29.7 Å². The number of amides is 2. The van der Waals surface area contributed by atoms with Crippen molar-refractivity contribution < 1.29 is 14.3 Å². The smallest absolute Gasteiger partial charge is 0.293 e. The quantitative estimate of drug-likeness (QED) is 0.398. The van der Waals surface area contributed by atoms with E-state index in [1.165, 1.54) is 4.90 Å². The number of halogens is 2. The van der Waals surface area contributed by atoms with Crippen LogP contribution in [0.25, 0.3) is 6.08 Å². The molecule has 0 aromatic heterocycles. The van der Waals surface area contributed by atoms with Crippen molar-refractivity contribution in [2.24, 2.45) is 0 Å². The van der Waals surface area contributed by atoms with E-state index in [1.54, 1.807) is 6.08 Å². The normalized spacial score (nSPS) is 16.7. The number of carbonyl (C=O) groups is 2. The van der Waals surface area contributed by atoms with Crippen LogP contribution in [0.3, 0.4) is 0 Å². The zero-order chi connectivity index (χ0) is 16.3. The van der Waals surface area contributed by atoms with Crippen molar-refractivity contribution in [2.75, 3.05) is 13.2 Å². The summed E-state index contributed by atoms with van der Waals surface area (Å²) in [7, 11) is 0. The van der Waals surface area contributed by atoms with Crippen LogP contribution in [0.1, 0.15) is 25.8 Å². The van der Waals surface area contributed by atoms with E-state index in [-0.39, 0.29) is 11.1 Å². The van der Waals surface area contributed by atoms with Crippen molar-refractivity contribution in [1.29, 1.82) is 0 Å². The Bertz CT molecular complexity index is 646. The third kappa shape index (κ3) is 3.97. The van der Waals surface area contributed by atoms with Crippen molar-refractivity contribution in [2.45, 2.75) is 20.3 Å². The molecular weight excluding hydrogens is 528 g/mol. The number of ether oxygens (including phenoxy) is 1. The first kappa shape index (κ1) is 18.1. The molecular formula is C15H15I2NO3S. The van der Waals surface area contributed by atoms with Gasteiger partial charge in [0.15, 0.2) is 0 Å². The van der Waals surface area contributed by atoms with Gasteiger partial charge in [-0.15, -0.1) is 0 Å². The second kappa shape index (κ2) is 8.00. The van der Waals surface area contributed by atoms with E-state index in [1.807, 2.05) is 26.0 Å². The van der Waals surface area contributed by atoms with E-state index in [2.05, 4.69) is 45.2 Å². The van der Waals surface area contributed by atoms with Crippen molar-refractivity contribution in [3.63, 3.8) is 0 Å². The monoisotopic (exact) mass is 543 g/mol. The van der Waals surface area contributed by atoms with Gasteiger partial charge in [-0.05, 0) is 88.5 Å². The molecule has 2 rings (SSSR count). The Balaban J connectivity index is 2.41. The molecule has 0 unspecified atom stereocenters. The maximum atomic E-state index is 12.3. The summed E-state index contributed by atoms with van der Waals surface area (Å²) in [5, 5.41) is -0.198. The summed E-state index contributed by atoms with van der Waals surface area (Å²) >= 11 is 5.44. The largest absolute Gasteiger partial charge is 0.492 e. The number of imide groups is 1. The molecule has 1 fully saturated rings. The van der Waals surface area contributed by atoms with Gasteiger partial charge < -0.3 is 4.74 Å². The Kier molecular flexibility index (Phi) is 6.57. The van der Waals surface area contributed by atoms with Crippen molar-refractivity contribution >= 4 is 74.2 Å². The summed E-state index contributed by atoms with van der Waals surface area (Å²) in [6, 6.07) is 3.98. The average molecular weight is 543 g/mol. The Morgan fingerprint density at radius 2 is 2.00 bits per heavy atom. The fourth-order valence-corrected chi connectivity index (χ4v) is 4.94. The summed E-state index contributed by atoms with van der Waals surface area (Å²) in [6.07, 6.45) is 2.52. The summed E-state index contributed by atoms with van der Waals surface area (Å²) in [5.41, 5.74) is 0.833. The summed E-state index contributed by atoms with van der Waals surface area (Å²) in [5.74, 6) is 0.541. The SMILES string of the molecule is CCCN1C(=O)S/C(=C/c2cc(I)cc(I)c2OCC)C1=O. The standard InChI is InChI=1S/C15H15I2NO3S/c1-3-5-18-14(19)12(22-15(18)20)7-9-6-10(16)8-11(17)13(9)21-4-2/h6-8H,3-5H2,1-2H3/b12-7+. The highest BCUT2D eigenvalue weighted by atomic mass is 127. The van der Waals surface area contributed by atoms with E-state index in [9.17, 15) is 9.59 Å². The minimum Gasteiger partial charge on any atom is -0.492 e. The molecule has 0 aliphatic carbocycles. The Hall–Kier alpha value is -0.290. The van der Waals surface area contributed by atoms with E-state index < -0.39 is 0 Å². The Morgan fingerprint density at radius 1 is 1.27 bits per heavy atom. The van der Waals surface area contributed by atoms with E-state index >= 15 is 0 Å². The minimum absolute atomic E-state index is 0.198. The van der Waals surface area contributed by atoms with E-state index in [4.69, 9.17) is 4.74 Å². The molecule has 22 heavy (non-hydrogen) atoms. The fraction of sp³-hybridized carbons (Fsp3) is 0.333. The van der Waals surface area contributed by atoms with Gasteiger partial charge in [0, 0.05) is 15.7 Å². The molecule has 1 saturated heterocycles. The summed E-state index contributed by atoms with van der Waals surface area (Å²) in [4.78, 5) is 26.0. The highest BCUT2D eigenvalue weighted by Crippen LogP contribution is 2.36. The molecule has 4 nitrogen and oxygen atoms in total. The minimum atomic E-state index is -0.215. The number of benzene rings is 1. The highest BCUT2D eigenvalue weighted by Gasteiger charge is 2.34. The molecule has 0 saturated carbocycles. The topological polar surface area (TPSA) is 46.6 Å². The third-order valence-corrected chi connectivity index (χ3v) is 5.26. The third-order valence-electron chi connectivity index (χ3n) is 2.93. The number of thioether (sulfide) groups is 1. The fourth-order valence-electron chi connectivity index (χ4n) is 2.04. The van der Waals surface area contributed by atoms with Crippen LogP contribution in [0.2, 0.25) is 0 Å². The van der Waals surface area contributed by atoms with E-state index in [0.717, 1.165) is 36.6 Å². The van der Waals surface area contributed by atoms with Crippen LogP contribution in [0, 0.1) is 7.14 Å². The molecule has 0 bridgehead atoms. The molecule has 0 atom stereocenters. The number of hydrogen-bond donors (Lipinski definition) is 0. The first-order valence-corrected chi connectivity index (χ1v) is 9.82. The van der Waals surface area contributed by atoms with Crippen LogP contribution in [-0.2, 0) is 4.79 Å². The predicted octanol–water partition coefficient (Wildman–Crippen LogP) is 4.74. The molecule has 1 aromatic carbocycles. The van der Waals surface area contributed by atoms with Gasteiger partial charge in [0.1, 0.15) is 5.75 Å². The number of rotatable bonds is 5. The van der Waals surface area contributed by atoms with Crippen LogP contribution in [-0.4, -0.2) is 29.2 Å². The van der Waals surface area contributed by atoms with Crippen LogP contribution in [0.5, 0.6) is 5.75 Å². The lowest BCUT2D eigenvalue weighted by molar-refractivity contribution is -0.122. The van der Waals surface area contributed by atoms with Gasteiger partial charge in [-0.3, -0.25) is 14.5 Å². The average Bonchev–Trinajstić information content (AvgIpc) is 2.71. The number of nitrogens with zero attached hydrogens (tertiary/aromatic N) is 1. The first-order chi connectivity index (χ1) is 10.5. The molecule has 1 heterocycles. The Morgan fingerprint density at radius 3 is 2.64 bits per heavy atom. The Labute approximate surface area is 161 Å². The predicted molar refractivity (Wildman–Crippen MR) is 106 cm³/mol. The van der Waals surface area contributed by atoms with Gasteiger partial charge in [-0.1, -0.05) is 6.92 Å². The molecule has 7 heteroatoms. The maximum Gasteiger partial charge on any atom is 0.293 e. The molecule has 2 amide bonds. The van der Waals surface area contributed by atoms with E-state index in [0.29, 0.717) is 18.1 Å². The van der Waals surface area contributed by atoms with Gasteiger partial charge in [0.25, 0.3) is 11.1 Å². The van der Waals surface area contributed by atoms with Gasteiger partial charge in [0.05, 0.1) is 15.1 Å². The van der Waals surface area contributed by atoms with Crippen molar-refractivity contribution in [3.8, 4) is 5.75 Å². The van der Waals surface area contributed by atoms with Crippen molar-refractivity contribution in [1.82, 2.24) is 4.90 Å². The molecule has 1 aromatic rings. The number of hydrogen-bond acceptors (Lipinski definition) is 4. The van der Waals surface area contributed by atoms with Gasteiger partial charge in [-0.2, -0.15) is 0 Å². The molecule has 0 N–H and O–H groups in total. The molecule has 0 radical (unpaired) electrons. The van der Waals surface area contributed by atoms with Crippen LogP contribution < -0.4 is 4.74 Å². The van der Waals surface area contributed by atoms with Crippen LogP contribution in [0.4, 0.5) is 4.79 Å².